The van der Waals surface area contributed by atoms with Gasteiger partial charge in [-0.15, -0.1) is 0 Å². The number of aliphatic hydroxyl groups is 1. The summed E-state index contributed by atoms with van der Waals surface area (Å²) in [7, 11) is 0. The summed E-state index contributed by atoms with van der Waals surface area (Å²) in [6.07, 6.45) is 14.4. The molecule has 5 saturated carbocycles. The summed E-state index contributed by atoms with van der Waals surface area (Å²) in [5.41, 5.74) is 1.33. The van der Waals surface area contributed by atoms with E-state index in [0.29, 0.717) is 57.2 Å². The molecule has 0 heterocycles. The molecule has 0 aromatic heterocycles. The van der Waals surface area contributed by atoms with Crippen LogP contribution in [0.3, 0.4) is 0 Å². The Hall–Kier alpha value is -1.16. The summed E-state index contributed by atoms with van der Waals surface area (Å²) >= 11 is 0. The van der Waals surface area contributed by atoms with Gasteiger partial charge < -0.3 is 10.2 Å². The Morgan fingerprint density at radius 2 is 1.71 bits per heavy atom. The molecule has 0 unspecified atom stereocenters. The number of carbonyl (C=O) groups is 2. The second-order valence-electron chi connectivity index (χ2n) is 13.9. The summed E-state index contributed by atoms with van der Waals surface area (Å²) < 4.78 is 0. The van der Waals surface area contributed by atoms with Crippen LogP contribution < -0.4 is 0 Å². The summed E-state index contributed by atoms with van der Waals surface area (Å²) in [4.78, 5) is 24.1. The van der Waals surface area contributed by atoms with E-state index in [1.807, 2.05) is 6.08 Å². The molecule has 5 rings (SSSR count). The minimum atomic E-state index is -0.804. The molecular weight excluding hydrogens is 424 g/mol. The Morgan fingerprint density at radius 1 is 1.03 bits per heavy atom. The van der Waals surface area contributed by atoms with Gasteiger partial charge >= 0.3 is 5.97 Å². The zero-order valence-electron chi connectivity index (χ0n) is 22.1. The average molecular weight is 471 g/mol. The van der Waals surface area contributed by atoms with Gasteiger partial charge in [0.2, 0.25) is 0 Å². The third-order valence-electron chi connectivity index (χ3n) is 13.2. The van der Waals surface area contributed by atoms with Crippen molar-refractivity contribution < 1.29 is 19.8 Å². The third-order valence-corrected chi connectivity index (χ3v) is 13.2. The first-order chi connectivity index (χ1) is 15.9. The molecule has 0 aromatic carbocycles. The molecule has 190 valence electrons. The standard InChI is InChI=1S/C30H46O4/c1-19(7-6-8-20(2)25(33)34)21-11-13-28(5)23-10-9-22-26(3,18-31)24(32)12-14-29(22)17-30(23,29)16-15-27(21,28)4/h8,19,21-23,31H,6-7,9-18H2,1-5H3,(H,33,34)/b20-8+/t19-,21-,22+,23+,26+,27-,28+,29-,30+/m1/s1. The first-order valence-corrected chi connectivity index (χ1v) is 14.0. The minimum absolute atomic E-state index is 0.0172. The Morgan fingerprint density at radius 3 is 2.38 bits per heavy atom. The summed E-state index contributed by atoms with van der Waals surface area (Å²) in [5, 5.41) is 19.5. The van der Waals surface area contributed by atoms with Gasteiger partial charge in [-0.05, 0) is 116 Å². The van der Waals surface area contributed by atoms with Crippen molar-refractivity contribution in [3.63, 3.8) is 0 Å². The zero-order valence-corrected chi connectivity index (χ0v) is 22.1. The second kappa shape index (κ2) is 7.67. The molecule has 5 fully saturated rings. The fraction of sp³-hybridized carbons (Fsp3) is 0.867. The number of carboxylic acids is 1. The fourth-order valence-corrected chi connectivity index (χ4v) is 11.0. The number of allylic oxidation sites excluding steroid dienone is 1. The second-order valence-corrected chi connectivity index (χ2v) is 13.9. The molecule has 5 aliphatic carbocycles. The van der Waals surface area contributed by atoms with Gasteiger partial charge in [0.05, 0.1) is 12.0 Å². The monoisotopic (exact) mass is 470 g/mol. The van der Waals surface area contributed by atoms with Crippen LogP contribution in [0.1, 0.15) is 105 Å². The van der Waals surface area contributed by atoms with Crippen LogP contribution in [0.4, 0.5) is 0 Å². The number of hydrogen-bond donors (Lipinski definition) is 2. The molecule has 2 spiro atoms. The van der Waals surface area contributed by atoms with Crippen LogP contribution in [0.25, 0.3) is 0 Å². The van der Waals surface area contributed by atoms with Crippen molar-refractivity contribution >= 4 is 11.8 Å². The first kappa shape index (κ1) is 24.5. The normalized spacial score (nSPS) is 50.6. The maximum atomic E-state index is 12.9. The smallest absolute Gasteiger partial charge is 0.330 e. The number of carbonyl (C=O) groups excluding carboxylic acids is 1. The number of fused-ring (bicyclic) bond motifs is 2. The minimum Gasteiger partial charge on any atom is -0.478 e. The van der Waals surface area contributed by atoms with Crippen LogP contribution >= 0.6 is 0 Å². The van der Waals surface area contributed by atoms with Crippen LogP contribution in [0.2, 0.25) is 0 Å². The number of aliphatic carboxylic acids is 1. The number of aliphatic hydroxyl groups excluding tert-OH is 1. The molecule has 0 aliphatic heterocycles. The SMILES string of the molecule is C/C(=C\CC[C@@H](C)[C@H]1CC[C@@]2(C)[C@@H]3CC[C@@H]4[C@@]5(CCC(=O)[C@@]4(C)CO)C[C@@]35CC[C@]12C)C(=O)O. The summed E-state index contributed by atoms with van der Waals surface area (Å²) in [5.74, 6) is 1.93. The van der Waals surface area contributed by atoms with Crippen LogP contribution in [0.15, 0.2) is 11.6 Å². The van der Waals surface area contributed by atoms with E-state index in [1.54, 1.807) is 6.92 Å². The van der Waals surface area contributed by atoms with Crippen molar-refractivity contribution in [1.29, 1.82) is 0 Å². The Kier molecular flexibility index (Phi) is 5.53. The van der Waals surface area contributed by atoms with Crippen molar-refractivity contribution in [2.75, 3.05) is 6.61 Å². The largest absolute Gasteiger partial charge is 0.478 e. The number of ketones is 1. The van der Waals surface area contributed by atoms with Crippen LogP contribution in [0, 0.1) is 50.7 Å². The van der Waals surface area contributed by atoms with Crippen LogP contribution in [-0.4, -0.2) is 28.6 Å². The highest BCUT2D eigenvalue weighted by Crippen LogP contribution is 2.88. The Bertz CT molecular complexity index is 923. The molecule has 0 amide bonds. The van der Waals surface area contributed by atoms with E-state index >= 15 is 0 Å². The highest BCUT2D eigenvalue weighted by atomic mass is 16.4. The molecule has 0 aromatic rings. The Labute approximate surface area is 206 Å². The van der Waals surface area contributed by atoms with E-state index in [-0.39, 0.29) is 6.61 Å². The van der Waals surface area contributed by atoms with Crippen molar-refractivity contribution in [3.8, 4) is 0 Å². The van der Waals surface area contributed by atoms with Crippen molar-refractivity contribution in [2.24, 2.45) is 50.7 Å². The number of hydrogen-bond acceptors (Lipinski definition) is 3. The van der Waals surface area contributed by atoms with Gasteiger partial charge in [0.25, 0.3) is 0 Å². The fourth-order valence-electron chi connectivity index (χ4n) is 11.0. The highest BCUT2D eigenvalue weighted by molar-refractivity contribution is 5.86. The number of rotatable bonds is 6. The molecule has 0 bridgehead atoms. The maximum absolute atomic E-state index is 12.9. The predicted molar refractivity (Wildman–Crippen MR) is 133 cm³/mol. The molecule has 2 N–H and O–H groups in total. The van der Waals surface area contributed by atoms with Crippen LogP contribution in [0.5, 0.6) is 0 Å². The molecular formula is C30H46O4. The lowest BCUT2D eigenvalue weighted by Crippen LogP contribution is -2.58. The molecule has 34 heavy (non-hydrogen) atoms. The number of Topliss-reactive ketones (excluding diaryl/α,β-unsaturated/α-hetero) is 1. The van der Waals surface area contributed by atoms with E-state index in [9.17, 15) is 19.8 Å². The quantitative estimate of drug-likeness (QED) is 0.440. The summed E-state index contributed by atoms with van der Waals surface area (Å²) in [6.45, 7) is 11.4. The van der Waals surface area contributed by atoms with E-state index in [2.05, 4.69) is 27.7 Å². The van der Waals surface area contributed by atoms with Crippen molar-refractivity contribution in [1.82, 2.24) is 0 Å². The van der Waals surface area contributed by atoms with Crippen LogP contribution in [-0.2, 0) is 9.59 Å². The predicted octanol–water partition coefficient (Wildman–Crippen LogP) is 6.41. The van der Waals surface area contributed by atoms with Crippen molar-refractivity contribution in [2.45, 2.75) is 105 Å². The molecule has 4 nitrogen and oxygen atoms in total. The van der Waals surface area contributed by atoms with E-state index in [1.165, 1.54) is 38.5 Å². The van der Waals surface area contributed by atoms with Gasteiger partial charge in [-0.2, -0.15) is 0 Å². The van der Waals surface area contributed by atoms with Gasteiger partial charge in [0.1, 0.15) is 5.78 Å². The summed E-state index contributed by atoms with van der Waals surface area (Å²) in [6, 6.07) is 0. The van der Waals surface area contributed by atoms with Gasteiger partial charge in [-0.25, -0.2) is 4.79 Å². The van der Waals surface area contributed by atoms with E-state index in [0.717, 1.165) is 31.6 Å². The van der Waals surface area contributed by atoms with Gasteiger partial charge in [-0.1, -0.05) is 33.8 Å². The van der Waals surface area contributed by atoms with Crippen molar-refractivity contribution in [3.05, 3.63) is 11.6 Å². The van der Waals surface area contributed by atoms with E-state index in [4.69, 9.17) is 0 Å². The topological polar surface area (TPSA) is 74.6 Å². The highest BCUT2D eigenvalue weighted by Gasteiger charge is 2.82. The van der Waals surface area contributed by atoms with Gasteiger partial charge in [0.15, 0.2) is 0 Å². The first-order valence-electron chi connectivity index (χ1n) is 14.0. The zero-order chi connectivity index (χ0) is 24.7. The molecule has 5 aliphatic rings. The molecule has 9 atom stereocenters. The lowest BCUT2D eigenvalue weighted by molar-refractivity contribution is -0.163. The molecule has 0 radical (unpaired) electrons. The Balaban J connectivity index is 1.38. The lowest BCUT2D eigenvalue weighted by Gasteiger charge is -2.62. The molecule has 4 heteroatoms. The van der Waals surface area contributed by atoms with Gasteiger partial charge in [0, 0.05) is 12.0 Å². The maximum Gasteiger partial charge on any atom is 0.330 e. The van der Waals surface area contributed by atoms with E-state index < -0.39 is 11.4 Å². The third kappa shape index (κ3) is 2.87. The van der Waals surface area contributed by atoms with Gasteiger partial charge in [-0.3, -0.25) is 4.79 Å². The molecule has 0 saturated heterocycles. The number of carboxylic acid groups (broad SMARTS) is 1. The average Bonchev–Trinajstić information content (AvgIpc) is 3.38. The lowest BCUT2D eigenvalue weighted by atomic mass is 9.42.